The molecular formula is C19H15FN2O5. The summed E-state index contributed by atoms with van der Waals surface area (Å²) in [6.07, 6.45) is 0. The van der Waals surface area contributed by atoms with Crippen molar-refractivity contribution in [3.8, 4) is 5.75 Å². The van der Waals surface area contributed by atoms with Crippen molar-refractivity contribution >= 4 is 16.7 Å². The number of aryl methyl sites for hydroxylation is 1. The molecule has 2 heterocycles. The molecule has 0 saturated heterocycles. The highest BCUT2D eigenvalue weighted by atomic mass is 19.1. The van der Waals surface area contributed by atoms with E-state index in [-0.39, 0.29) is 31.3 Å². The number of rotatable bonds is 3. The third-order valence-electron chi connectivity index (χ3n) is 4.26. The van der Waals surface area contributed by atoms with Crippen LogP contribution >= 0.6 is 0 Å². The minimum absolute atomic E-state index is 0.0159. The summed E-state index contributed by atoms with van der Waals surface area (Å²) in [5.41, 5.74) is 0.658. The molecule has 2 aromatic carbocycles. The predicted molar refractivity (Wildman–Crippen MR) is 92.8 cm³/mol. The molecule has 0 aliphatic carbocycles. The lowest BCUT2D eigenvalue weighted by Gasteiger charge is -2.20. The lowest BCUT2D eigenvalue weighted by atomic mass is 10.1. The highest BCUT2D eigenvalue weighted by Crippen LogP contribution is 2.30. The zero-order valence-corrected chi connectivity index (χ0v) is 14.4. The zero-order valence-electron chi connectivity index (χ0n) is 14.4. The first-order valence-electron chi connectivity index (χ1n) is 8.19. The van der Waals surface area contributed by atoms with Crippen molar-refractivity contribution in [1.29, 1.82) is 0 Å². The molecule has 138 valence electrons. The molecule has 0 radical (unpaired) electrons. The van der Waals surface area contributed by atoms with E-state index in [1.165, 1.54) is 19.2 Å². The average molecular weight is 370 g/mol. The van der Waals surface area contributed by atoms with Crippen molar-refractivity contribution in [2.45, 2.75) is 13.2 Å². The highest BCUT2D eigenvalue weighted by Gasteiger charge is 2.21. The minimum Gasteiger partial charge on any atom is -0.467 e. The van der Waals surface area contributed by atoms with Gasteiger partial charge in [-0.05, 0) is 18.2 Å². The molecule has 0 atom stereocenters. The van der Waals surface area contributed by atoms with E-state index in [1.807, 2.05) is 0 Å². The SMILES string of the molecule is Cn1nc(C(=O)OCc2cc(F)cc3c2OCOC3)c2ccccc2c1=O. The number of carbonyl (C=O) groups excluding carboxylic acids is 1. The summed E-state index contributed by atoms with van der Waals surface area (Å²) in [7, 11) is 1.46. The van der Waals surface area contributed by atoms with E-state index in [4.69, 9.17) is 14.2 Å². The fourth-order valence-corrected chi connectivity index (χ4v) is 3.03. The average Bonchev–Trinajstić information content (AvgIpc) is 2.68. The Balaban J connectivity index is 1.65. The van der Waals surface area contributed by atoms with Crippen LogP contribution in [0.5, 0.6) is 5.75 Å². The minimum atomic E-state index is -0.716. The smallest absolute Gasteiger partial charge is 0.359 e. The lowest BCUT2D eigenvalue weighted by Crippen LogP contribution is -2.24. The first kappa shape index (κ1) is 17.2. The first-order valence-corrected chi connectivity index (χ1v) is 8.19. The number of benzene rings is 2. The Morgan fingerprint density at radius 2 is 2.07 bits per heavy atom. The van der Waals surface area contributed by atoms with E-state index < -0.39 is 11.8 Å². The van der Waals surface area contributed by atoms with Crippen LogP contribution in [0.1, 0.15) is 21.6 Å². The van der Waals surface area contributed by atoms with Gasteiger partial charge in [-0.3, -0.25) is 4.79 Å². The molecular weight excluding hydrogens is 355 g/mol. The van der Waals surface area contributed by atoms with Gasteiger partial charge in [-0.15, -0.1) is 0 Å². The Bertz CT molecular complexity index is 1110. The summed E-state index contributed by atoms with van der Waals surface area (Å²) >= 11 is 0. The highest BCUT2D eigenvalue weighted by molar-refractivity contribution is 6.02. The van der Waals surface area contributed by atoms with E-state index in [9.17, 15) is 14.0 Å². The van der Waals surface area contributed by atoms with Crippen LogP contribution in [0.15, 0.2) is 41.2 Å². The molecule has 4 rings (SSSR count). The van der Waals surface area contributed by atoms with Crippen LogP contribution in [0.4, 0.5) is 4.39 Å². The third-order valence-corrected chi connectivity index (χ3v) is 4.26. The van der Waals surface area contributed by atoms with Crippen LogP contribution in [0, 0.1) is 5.82 Å². The summed E-state index contributed by atoms with van der Waals surface area (Å²) in [6, 6.07) is 9.23. The molecule has 7 nitrogen and oxygen atoms in total. The maximum atomic E-state index is 13.8. The fraction of sp³-hybridized carbons (Fsp3) is 0.211. The second-order valence-electron chi connectivity index (χ2n) is 6.06. The fourth-order valence-electron chi connectivity index (χ4n) is 3.03. The molecule has 0 N–H and O–H groups in total. The molecule has 1 aliphatic rings. The second-order valence-corrected chi connectivity index (χ2v) is 6.06. The molecule has 27 heavy (non-hydrogen) atoms. The zero-order chi connectivity index (χ0) is 19.0. The van der Waals surface area contributed by atoms with Crippen LogP contribution in [-0.4, -0.2) is 22.5 Å². The Kier molecular flexibility index (Phi) is 4.33. The topological polar surface area (TPSA) is 79.7 Å². The maximum absolute atomic E-state index is 13.8. The van der Waals surface area contributed by atoms with Crippen LogP contribution < -0.4 is 10.3 Å². The van der Waals surface area contributed by atoms with Gasteiger partial charge in [0, 0.05) is 23.6 Å². The van der Waals surface area contributed by atoms with Gasteiger partial charge in [0.25, 0.3) is 5.56 Å². The summed E-state index contributed by atoms with van der Waals surface area (Å²) in [6.45, 7) is 0.0748. The monoisotopic (exact) mass is 370 g/mol. The number of hydrogen-bond acceptors (Lipinski definition) is 6. The Morgan fingerprint density at radius 3 is 2.89 bits per heavy atom. The molecule has 1 aromatic heterocycles. The number of fused-ring (bicyclic) bond motifs is 2. The van der Waals surface area contributed by atoms with Gasteiger partial charge < -0.3 is 14.2 Å². The lowest BCUT2D eigenvalue weighted by molar-refractivity contribution is -0.0183. The van der Waals surface area contributed by atoms with Crippen molar-refractivity contribution in [3.63, 3.8) is 0 Å². The molecule has 0 saturated carbocycles. The van der Waals surface area contributed by atoms with Crippen molar-refractivity contribution < 1.29 is 23.4 Å². The number of carbonyl (C=O) groups is 1. The number of ether oxygens (including phenoxy) is 3. The van der Waals surface area contributed by atoms with Crippen LogP contribution in [0.3, 0.4) is 0 Å². The van der Waals surface area contributed by atoms with Gasteiger partial charge in [-0.25, -0.2) is 13.9 Å². The van der Waals surface area contributed by atoms with Crippen molar-refractivity contribution in [2.24, 2.45) is 7.05 Å². The second kappa shape index (κ2) is 6.81. The molecule has 0 spiro atoms. The van der Waals surface area contributed by atoms with Gasteiger partial charge >= 0.3 is 5.97 Å². The van der Waals surface area contributed by atoms with Crippen LogP contribution in [0.25, 0.3) is 10.8 Å². The van der Waals surface area contributed by atoms with E-state index >= 15 is 0 Å². The van der Waals surface area contributed by atoms with Gasteiger partial charge in [0.2, 0.25) is 0 Å². The Hall–Kier alpha value is -3.26. The Labute approximate surface area is 152 Å². The predicted octanol–water partition coefficient (Wildman–Crippen LogP) is 2.30. The molecule has 0 bridgehead atoms. The molecule has 0 fully saturated rings. The van der Waals surface area contributed by atoms with E-state index in [0.717, 1.165) is 4.68 Å². The molecule has 1 aliphatic heterocycles. The quantitative estimate of drug-likeness (QED) is 0.658. The summed E-state index contributed by atoms with van der Waals surface area (Å²) < 4.78 is 30.8. The molecule has 0 amide bonds. The molecule has 8 heteroatoms. The van der Waals surface area contributed by atoms with Gasteiger partial charge in [-0.1, -0.05) is 18.2 Å². The largest absolute Gasteiger partial charge is 0.467 e. The van der Waals surface area contributed by atoms with Gasteiger partial charge in [0.15, 0.2) is 12.5 Å². The van der Waals surface area contributed by atoms with E-state index in [0.29, 0.717) is 27.6 Å². The number of halogens is 1. The standard InChI is InChI=1S/C19H15FN2O5/c1-22-18(23)15-5-3-2-4-14(15)16(21-22)19(24)26-9-12-7-13(20)6-11-8-25-10-27-17(11)12/h2-7H,8-10H2,1H3. The summed E-state index contributed by atoms with van der Waals surface area (Å²) in [5, 5.41) is 4.79. The van der Waals surface area contributed by atoms with Crippen molar-refractivity contribution in [3.05, 3.63) is 69.4 Å². The normalized spacial score (nSPS) is 13.1. The van der Waals surface area contributed by atoms with Gasteiger partial charge in [0.05, 0.1) is 12.0 Å². The maximum Gasteiger partial charge on any atom is 0.359 e. The number of aromatic nitrogens is 2. The van der Waals surface area contributed by atoms with E-state index in [2.05, 4.69) is 5.10 Å². The molecule has 3 aromatic rings. The Morgan fingerprint density at radius 1 is 1.30 bits per heavy atom. The van der Waals surface area contributed by atoms with Crippen LogP contribution in [-0.2, 0) is 29.7 Å². The number of hydrogen-bond donors (Lipinski definition) is 0. The first-order chi connectivity index (χ1) is 13.0. The summed E-state index contributed by atoms with van der Waals surface area (Å²) in [4.78, 5) is 24.7. The number of esters is 1. The van der Waals surface area contributed by atoms with E-state index in [1.54, 1.807) is 24.3 Å². The van der Waals surface area contributed by atoms with Gasteiger partial charge in [0.1, 0.15) is 18.2 Å². The summed E-state index contributed by atoms with van der Waals surface area (Å²) in [5.74, 6) is -0.736. The van der Waals surface area contributed by atoms with Crippen LogP contribution in [0.2, 0.25) is 0 Å². The van der Waals surface area contributed by atoms with Gasteiger partial charge in [-0.2, -0.15) is 5.10 Å². The van der Waals surface area contributed by atoms with Crippen molar-refractivity contribution in [2.75, 3.05) is 6.79 Å². The van der Waals surface area contributed by atoms with Crippen molar-refractivity contribution in [1.82, 2.24) is 9.78 Å². The third kappa shape index (κ3) is 3.15. The molecule has 0 unspecified atom stereocenters. The number of nitrogens with zero attached hydrogens (tertiary/aromatic N) is 2.